The molecular weight excluding hydrogens is 328 g/mol. The van der Waals surface area contributed by atoms with Gasteiger partial charge in [0.1, 0.15) is 0 Å². The van der Waals surface area contributed by atoms with E-state index in [1.807, 2.05) is 0 Å². The lowest BCUT2D eigenvalue weighted by Gasteiger charge is -2.35. The van der Waals surface area contributed by atoms with Crippen molar-refractivity contribution >= 4 is 11.4 Å². The minimum absolute atomic E-state index is 0.859. The Hall–Kier alpha value is -1.80. The van der Waals surface area contributed by atoms with E-state index in [9.17, 15) is 0 Å². The third-order valence-electron chi connectivity index (χ3n) is 6.28. The first kappa shape index (κ1) is 18.6. The van der Waals surface area contributed by atoms with Crippen LogP contribution in [0.25, 0.3) is 0 Å². The topological polar surface area (TPSA) is 6.48 Å². The highest BCUT2D eigenvalue weighted by Gasteiger charge is 2.22. The zero-order chi connectivity index (χ0) is 18.6. The number of piperidine rings is 1. The molecule has 2 aromatic carbocycles. The molecule has 0 amide bonds. The number of fused-ring (bicyclic) bond motifs is 2. The van der Waals surface area contributed by atoms with Gasteiger partial charge in [0.25, 0.3) is 0 Å². The highest BCUT2D eigenvalue weighted by atomic mass is 15.1. The number of rotatable bonds is 5. The molecule has 0 saturated carbocycles. The zero-order valence-corrected chi connectivity index (χ0v) is 17.0. The number of aryl methyl sites for hydroxylation is 2. The van der Waals surface area contributed by atoms with Crippen molar-refractivity contribution in [1.29, 1.82) is 0 Å². The number of para-hydroxylation sites is 2. The summed E-state index contributed by atoms with van der Waals surface area (Å²) in [4.78, 5) is 5.28. The molecule has 144 valence electrons. The van der Waals surface area contributed by atoms with E-state index in [-0.39, 0.29) is 0 Å². The van der Waals surface area contributed by atoms with Crippen LogP contribution in [0.3, 0.4) is 0 Å². The van der Waals surface area contributed by atoms with Crippen LogP contribution in [-0.4, -0.2) is 31.1 Å². The van der Waals surface area contributed by atoms with E-state index < -0.39 is 0 Å². The second-order valence-electron chi connectivity index (χ2n) is 8.82. The molecule has 0 radical (unpaired) electrons. The van der Waals surface area contributed by atoms with Gasteiger partial charge in [0, 0.05) is 31.0 Å². The normalized spacial score (nSPS) is 22.8. The number of hydrogen-bond donors (Lipinski definition) is 0. The van der Waals surface area contributed by atoms with Crippen LogP contribution in [-0.2, 0) is 12.8 Å². The third kappa shape index (κ3) is 4.38. The molecule has 2 heterocycles. The first-order chi connectivity index (χ1) is 13.2. The zero-order valence-electron chi connectivity index (χ0n) is 17.0. The summed E-state index contributed by atoms with van der Waals surface area (Å²) in [5.74, 6) is 1.72. The van der Waals surface area contributed by atoms with Gasteiger partial charge in [-0.25, -0.2) is 0 Å². The van der Waals surface area contributed by atoms with Crippen molar-refractivity contribution in [1.82, 2.24) is 4.90 Å². The smallest absolute Gasteiger partial charge is 0.0443 e. The molecule has 0 aromatic heterocycles. The fraction of sp³-hybridized carbons (Fsp3) is 0.520. The first-order valence-corrected chi connectivity index (χ1v) is 10.9. The summed E-state index contributed by atoms with van der Waals surface area (Å²) in [6, 6.07) is 18.0. The maximum absolute atomic E-state index is 2.70. The Labute approximate surface area is 165 Å². The minimum Gasteiger partial charge on any atom is -0.341 e. The van der Waals surface area contributed by atoms with E-state index in [0.29, 0.717) is 0 Å². The highest BCUT2D eigenvalue weighted by molar-refractivity contribution is 5.71. The molecule has 0 spiro atoms. The molecule has 4 rings (SSSR count). The molecule has 1 saturated heterocycles. The Morgan fingerprint density at radius 2 is 1.26 bits per heavy atom. The Balaban J connectivity index is 1.42. The van der Waals surface area contributed by atoms with Crippen molar-refractivity contribution in [3.8, 4) is 0 Å². The molecule has 1 fully saturated rings. The quantitative estimate of drug-likeness (QED) is 0.631. The van der Waals surface area contributed by atoms with E-state index in [0.717, 1.165) is 31.2 Å². The number of nitrogens with zero attached hydrogens (tertiary/aromatic N) is 2. The van der Waals surface area contributed by atoms with Crippen LogP contribution in [0, 0.1) is 11.8 Å². The lowest BCUT2D eigenvalue weighted by molar-refractivity contribution is 0.139. The number of likely N-dealkylation sites (tertiary alicyclic amines) is 1. The fourth-order valence-corrected chi connectivity index (χ4v) is 5.19. The molecule has 2 aliphatic rings. The van der Waals surface area contributed by atoms with Crippen molar-refractivity contribution in [3.05, 3.63) is 59.7 Å². The van der Waals surface area contributed by atoms with Gasteiger partial charge in [-0.1, -0.05) is 50.2 Å². The molecule has 2 heteroatoms. The number of unbranched alkanes of at least 4 members (excludes halogenated alkanes) is 1. The number of hydrogen-bond acceptors (Lipinski definition) is 2. The van der Waals surface area contributed by atoms with Gasteiger partial charge >= 0.3 is 0 Å². The summed E-state index contributed by atoms with van der Waals surface area (Å²) < 4.78 is 0. The second kappa shape index (κ2) is 8.48. The van der Waals surface area contributed by atoms with Gasteiger partial charge < -0.3 is 9.80 Å². The Morgan fingerprint density at radius 1 is 0.741 bits per heavy atom. The first-order valence-electron chi connectivity index (χ1n) is 10.9. The second-order valence-corrected chi connectivity index (χ2v) is 8.82. The number of benzene rings is 2. The average molecular weight is 363 g/mol. The molecular formula is C25H34N2. The van der Waals surface area contributed by atoms with Crippen molar-refractivity contribution in [2.24, 2.45) is 11.8 Å². The Morgan fingerprint density at radius 3 is 1.85 bits per heavy atom. The molecule has 2 nitrogen and oxygen atoms in total. The van der Waals surface area contributed by atoms with Crippen molar-refractivity contribution in [3.63, 3.8) is 0 Å². The largest absolute Gasteiger partial charge is 0.341 e. The summed E-state index contributed by atoms with van der Waals surface area (Å²) in [7, 11) is 0. The molecule has 0 N–H and O–H groups in total. The van der Waals surface area contributed by atoms with Crippen LogP contribution in [0.1, 0.15) is 44.2 Å². The molecule has 0 bridgehead atoms. The molecule has 2 aromatic rings. The van der Waals surface area contributed by atoms with Crippen LogP contribution in [0.5, 0.6) is 0 Å². The van der Waals surface area contributed by atoms with E-state index in [1.165, 1.54) is 61.4 Å². The average Bonchev–Trinajstić information content (AvgIpc) is 2.82. The Bertz CT molecular complexity index is 696. The summed E-state index contributed by atoms with van der Waals surface area (Å²) in [5, 5.41) is 0. The molecule has 2 atom stereocenters. The van der Waals surface area contributed by atoms with Gasteiger partial charge in [-0.2, -0.15) is 0 Å². The van der Waals surface area contributed by atoms with E-state index in [1.54, 1.807) is 0 Å². The summed E-state index contributed by atoms with van der Waals surface area (Å²) in [6.07, 6.45) is 6.24. The van der Waals surface area contributed by atoms with Crippen molar-refractivity contribution in [2.45, 2.75) is 46.0 Å². The maximum atomic E-state index is 2.70. The fourth-order valence-electron chi connectivity index (χ4n) is 5.19. The summed E-state index contributed by atoms with van der Waals surface area (Å²) in [5.41, 5.74) is 5.82. The predicted molar refractivity (Wildman–Crippen MR) is 116 cm³/mol. The summed E-state index contributed by atoms with van der Waals surface area (Å²) in [6.45, 7) is 9.78. The van der Waals surface area contributed by atoms with Crippen LogP contribution in [0.4, 0.5) is 11.4 Å². The molecule has 27 heavy (non-hydrogen) atoms. The molecule has 2 aliphatic heterocycles. The van der Waals surface area contributed by atoms with Crippen LogP contribution >= 0.6 is 0 Å². The van der Waals surface area contributed by atoms with Gasteiger partial charge in [-0.3, -0.25) is 0 Å². The lowest BCUT2D eigenvalue weighted by Crippen LogP contribution is -2.39. The van der Waals surface area contributed by atoms with Crippen molar-refractivity contribution < 1.29 is 0 Å². The van der Waals surface area contributed by atoms with Crippen LogP contribution < -0.4 is 4.90 Å². The van der Waals surface area contributed by atoms with Crippen LogP contribution in [0.15, 0.2) is 48.5 Å². The minimum atomic E-state index is 0.859. The van der Waals surface area contributed by atoms with Crippen molar-refractivity contribution in [2.75, 3.05) is 31.1 Å². The SMILES string of the molecule is CC1CC(C)CN(CCCCN2c3ccccc3CCc3ccccc32)C1. The molecule has 2 unspecified atom stereocenters. The molecule has 0 aliphatic carbocycles. The van der Waals surface area contributed by atoms with Gasteiger partial charge in [0.2, 0.25) is 0 Å². The predicted octanol–water partition coefficient (Wildman–Crippen LogP) is 5.68. The van der Waals surface area contributed by atoms with E-state index >= 15 is 0 Å². The summed E-state index contributed by atoms with van der Waals surface area (Å²) >= 11 is 0. The van der Waals surface area contributed by atoms with Gasteiger partial charge in [0.15, 0.2) is 0 Å². The third-order valence-corrected chi connectivity index (χ3v) is 6.28. The maximum Gasteiger partial charge on any atom is 0.0443 e. The standard InChI is InChI=1S/C25H34N2/c1-20-17-21(2)19-26(18-20)15-7-8-16-27-24-11-5-3-9-22(24)13-14-23-10-4-6-12-25(23)27/h3-6,9-12,20-21H,7-8,13-19H2,1-2H3. The number of anilines is 2. The van der Waals surface area contributed by atoms with E-state index in [4.69, 9.17) is 0 Å². The highest BCUT2D eigenvalue weighted by Crippen LogP contribution is 2.36. The van der Waals surface area contributed by atoms with Gasteiger partial charge in [-0.15, -0.1) is 0 Å². The van der Waals surface area contributed by atoms with Gasteiger partial charge in [-0.05, 0) is 73.7 Å². The Kier molecular flexibility index (Phi) is 5.83. The van der Waals surface area contributed by atoms with Crippen LogP contribution in [0.2, 0.25) is 0 Å². The monoisotopic (exact) mass is 362 g/mol. The van der Waals surface area contributed by atoms with E-state index in [2.05, 4.69) is 72.2 Å². The van der Waals surface area contributed by atoms with Gasteiger partial charge in [0.05, 0.1) is 0 Å². The lowest BCUT2D eigenvalue weighted by atomic mass is 9.92.